The quantitative estimate of drug-likeness (QED) is 0.502. The van der Waals surface area contributed by atoms with Crippen LogP contribution < -0.4 is 5.32 Å². The van der Waals surface area contributed by atoms with Crippen molar-refractivity contribution in [2.45, 2.75) is 39.2 Å². The number of hydrogen-bond acceptors (Lipinski definition) is 4. The Kier molecular flexibility index (Phi) is 5.36. The Hall–Kier alpha value is -2.37. The maximum atomic E-state index is 12.1. The molecule has 3 unspecified atom stereocenters. The highest BCUT2D eigenvalue weighted by Crippen LogP contribution is 2.35. The van der Waals surface area contributed by atoms with Crippen LogP contribution in [0.25, 0.3) is 0 Å². The van der Waals surface area contributed by atoms with Gasteiger partial charge in [0.15, 0.2) is 0 Å². The molecule has 0 heterocycles. The minimum absolute atomic E-state index is 0.137. The van der Waals surface area contributed by atoms with Gasteiger partial charge in [-0.2, -0.15) is 0 Å². The molecule has 1 aliphatic carbocycles. The lowest BCUT2D eigenvalue weighted by atomic mass is 9.78. The second-order valence-electron chi connectivity index (χ2n) is 6.21. The van der Waals surface area contributed by atoms with Crippen LogP contribution in [-0.4, -0.2) is 17.1 Å². The minimum atomic E-state index is -0.662. The maximum absolute atomic E-state index is 12.1. The van der Waals surface area contributed by atoms with Crippen LogP contribution in [0.1, 0.15) is 33.1 Å². The molecule has 1 aliphatic rings. The molecule has 0 bridgehead atoms. The molecule has 0 radical (unpaired) electrons. The number of anilines is 1. The molecule has 1 aromatic rings. The van der Waals surface area contributed by atoms with Crippen LogP contribution in [0.5, 0.6) is 0 Å². The van der Waals surface area contributed by atoms with Crippen LogP contribution in [0.3, 0.4) is 0 Å². The van der Waals surface area contributed by atoms with Gasteiger partial charge in [0.05, 0.1) is 4.92 Å². The molecule has 0 spiro atoms. The van der Waals surface area contributed by atoms with Crippen molar-refractivity contribution >= 4 is 17.5 Å². The van der Waals surface area contributed by atoms with Crippen molar-refractivity contribution in [1.82, 2.24) is 0 Å². The van der Waals surface area contributed by atoms with Crippen molar-refractivity contribution in [2.24, 2.45) is 11.8 Å². The number of nitrogens with zero attached hydrogens (tertiary/aromatic N) is 1. The summed E-state index contributed by atoms with van der Waals surface area (Å²) in [7, 11) is 0. The van der Waals surface area contributed by atoms with Gasteiger partial charge in [0, 0.05) is 12.0 Å². The number of carbonyl (C=O) groups is 1. The van der Waals surface area contributed by atoms with E-state index in [-0.39, 0.29) is 23.4 Å². The van der Waals surface area contributed by atoms with Gasteiger partial charge in [-0.25, -0.2) is 4.79 Å². The highest BCUT2D eigenvalue weighted by atomic mass is 16.6. The number of nitro groups is 1. The van der Waals surface area contributed by atoms with Crippen LogP contribution in [0.2, 0.25) is 0 Å². The summed E-state index contributed by atoms with van der Waals surface area (Å²) in [5, 5.41) is 13.5. The second kappa shape index (κ2) is 7.26. The summed E-state index contributed by atoms with van der Waals surface area (Å²) in [4.78, 5) is 22.6. The van der Waals surface area contributed by atoms with Crippen LogP contribution >= 0.6 is 0 Å². The summed E-state index contributed by atoms with van der Waals surface area (Å²) in [6.45, 7) is 8.05. The number of amides is 1. The molecule has 1 amide bonds. The number of para-hydroxylation sites is 2. The number of ether oxygens (including phenoxy) is 1. The lowest BCUT2D eigenvalue weighted by Crippen LogP contribution is -2.35. The molecule has 2 rings (SSSR count). The van der Waals surface area contributed by atoms with E-state index in [0.717, 1.165) is 24.8 Å². The first-order chi connectivity index (χ1) is 10.9. The molecular weight excluding hydrogens is 296 g/mol. The third kappa shape index (κ3) is 4.31. The first-order valence-corrected chi connectivity index (χ1v) is 7.75. The summed E-state index contributed by atoms with van der Waals surface area (Å²) in [6.07, 6.45) is 1.91. The molecule has 23 heavy (non-hydrogen) atoms. The molecule has 0 saturated heterocycles. The fraction of sp³-hybridized carbons (Fsp3) is 0.471. The number of nitro benzene ring substituents is 1. The largest absolute Gasteiger partial charge is 0.445 e. The van der Waals surface area contributed by atoms with E-state index in [0.29, 0.717) is 5.92 Å². The van der Waals surface area contributed by atoms with Gasteiger partial charge in [0.2, 0.25) is 0 Å². The lowest BCUT2D eigenvalue weighted by Gasteiger charge is -2.34. The Bertz CT molecular complexity index is 614. The SMILES string of the molecule is C=C(C)C1CCC(C)CC1OC(=O)Nc1ccccc1[N+](=O)[O-]. The highest BCUT2D eigenvalue weighted by molar-refractivity contribution is 5.87. The normalized spacial score (nSPS) is 23.8. The zero-order valence-corrected chi connectivity index (χ0v) is 13.5. The summed E-state index contributed by atoms with van der Waals surface area (Å²) in [5.41, 5.74) is 0.983. The van der Waals surface area contributed by atoms with Gasteiger partial charge in [0.1, 0.15) is 11.8 Å². The van der Waals surface area contributed by atoms with Gasteiger partial charge in [-0.05, 0) is 38.2 Å². The fourth-order valence-electron chi connectivity index (χ4n) is 3.04. The average molecular weight is 318 g/mol. The summed E-state index contributed by atoms with van der Waals surface area (Å²) < 4.78 is 5.54. The van der Waals surface area contributed by atoms with Crippen molar-refractivity contribution in [3.63, 3.8) is 0 Å². The third-order valence-electron chi connectivity index (χ3n) is 4.28. The number of benzene rings is 1. The molecule has 1 saturated carbocycles. The molecule has 6 heteroatoms. The standard InChI is InChI=1S/C17H22N2O4/c1-11(2)13-9-8-12(3)10-16(13)23-17(20)18-14-6-4-5-7-15(14)19(21)22/h4-7,12-13,16H,1,8-10H2,2-3H3,(H,18,20). The van der Waals surface area contributed by atoms with Gasteiger partial charge in [-0.1, -0.05) is 31.2 Å². The molecule has 1 aromatic carbocycles. The lowest BCUT2D eigenvalue weighted by molar-refractivity contribution is -0.383. The van der Waals surface area contributed by atoms with Gasteiger partial charge >= 0.3 is 6.09 Å². The average Bonchev–Trinajstić information content (AvgIpc) is 2.47. The molecule has 0 aliphatic heterocycles. The van der Waals surface area contributed by atoms with Crippen LogP contribution in [0.15, 0.2) is 36.4 Å². The first kappa shape index (κ1) is 17.0. The van der Waals surface area contributed by atoms with Gasteiger partial charge in [0.25, 0.3) is 5.69 Å². The van der Waals surface area contributed by atoms with E-state index in [9.17, 15) is 14.9 Å². The Balaban J connectivity index is 2.06. The predicted octanol–water partition coefficient (Wildman–Crippen LogP) is 4.52. The zero-order chi connectivity index (χ0) is 17.0. The molecular formula is C17H22N2O4. The Morgan fingerprint density at radius 1 is 1.39 bits per heavy atom. The summed E-state index contributed by atoms with van der Waals surface area (Å²) in [6, 6.07) is 6.00. The van der Waals surface area contributed by atoms with Crippen LogP contribution in [0.4, 0.5) is 16.2 Å². The van der Waals surface area contributed by atoms with E-state index < -0.39 is 11.0 Å². The van der Waals surface area contributed by atoms with Crippen molar-refractivity contribution < 1.29 is 14.5 Å². The first-order valence-electron chi connectivity index (χ1n) is 7.75. The summed E-state index contributed by atoms with van der Waals surface area (Å²) in [5.74, 6) is 0.622. The maximum Gasteiger partial charge on any atom is 0.412 e. The van der Waals surface area contributed by atoms with Gasteiger partial charge in [-0.3, -0.25) is 15.4 Å². The molecule has 6 nitrogen and oxygen atoms in total. The monoisotopic (exact) mass is 318 g/mol. The minimum Gasteiger partial charge on any atom is -0.445 e. The van der Waals surface area contributed by atoms with E-state index >= 15 is 0 Å². The molecule has 0 aromatic heterocycles. The van der Waals surface area contributed by atoms with Crippen molar-refractivity contribution in [1.29, 1.82) is 0 Å². The highest BCUT2D eigenvalue weighted by Gasteiger charge is 2.32. The van der Waals surface area contributed by atoms with Gasteiger partial charge in [-0.15, -0.1) is 0 Å². The molecule has 1 N–H and O–H groups in total. The van der Waals surface area contributed by atoms with E-state index in [1.165, 1.54) is 12.1 Å². The molecule has 3 atom stereocenters. The Morgan fingerprint density at radius 3 is 2.74 bits per heavy atom. The predicted molar refractivity (Wildman–Crippen MR) is 88.3 cm³/mol. The number of hydrogen-bond donors (Lipinski definition) is 1. The summed E-state index contributed by atoms with van der Waals surface area (Å²) >= 11 is 0. The van der Waals surface area contributed by atoms with E-state index in [1.54, 1.807) is 12.1 Å². The van der Waals surface area contributed by atoms with Crippen LogP contribution in [0, 0.1) is 22.0 Å². The van der Waals surface area contributed by atoms with Crippen molar-refractivity contribution in [3.05, 3.63) is 46.5 Å². The van der Waals surface area contributed by atoms with E-state index in [1.807, 2.05) is 6.92 Å². The second-order valence-corrected chi connectivity index (χ2v) is 6.21. The third-order valence-corrected chi connectivity index (χ3v) is 4.28. The number of rotatable bonds is 4. The van der Waals surface area contributed by atoms with Gasteiger partial charge < -0.3 is 4.74 Å². The van der Waals surface area contributed by atoms with Crippen molar-refractivity contribution in [2.75, 3.05) is 5.32 Å². The van der Waals surface area contributed by atoms with E-state index in [4.69, 9.17) is 4.74 Å². The molecule has 1 fully saturated rings. The van der Waals surface area contributed by atoms with Crippen LogP contribution in [-0.2, 0) is 4.74 Å². The Labute approximate surface area is 135 Å². The van der Waals surface area contributed by atoms with Crippen molar-refractivity contribution in [3.8, 4) is 0 Å². The Morgan fingerprint density at radius 2 is 2.09 bits per heavy atom. The fourth-order valence-corrected chi connectivity index (χ4v) is 3.04. The zero-order valence-electron chi connectivity index (χ0n) is 13.5. The number of nitrogens with one attached hydrogen (secondary N) is 1. The van der Waals surface area contributed by atoms with E-state index in [2.05, 4.69) is 18.8 Å². The smallest absolute Gasteiger partial charge is 0.412 e. The topological polar surface area (TPSA) is 81.5 Å². The number of carbonyl (C=O) groups excluding carboxylic acids is 1. The molecule has 124 valence electrons.